The first-order valence-electron chi connectivity index (χ1n) is 10.6. The fraction of sp³-hybridized carbons (Fsp3) is 0.120. The number of tetrazole rings is 1. The van der Waals surface area contributed by atoms with Gasteiger partial charge < -0.3 is 4.74 Å². The number of nitrogens with zero attached hydrogens (tertiary/aromatic N) is 4. The molecular formula is C25H19N5O4. The Kier molecular flexibility index (Phi) is 5.21. The molecule has 0 bridgehead atoms. The van der Waals surface area contributed by atoms with Gasteiger partial charge in [-0.05, 0) is 59.7 Å². The van der Waals surface area contributed by atoms with Gasteiger partial charge in [-0.1, -0.05) is 42.5 Å². The van der Waals surface area contributed by atoms with Crippen LogP contribution >= 0.6 is 0 Å². The minimum absolute atomic E-state index is 0.127. The fourth-order valence-electron chi connectivity index (χ4n) is 3.87. The van der Waals surface area contributed by atoms with Crippen molar-refractivity contribution >= 4 is 23.5 Å². The number of esters is 1. The van der Waals surface area contributed by atoms with Crippen molar-refractivity contribution in [1.82, 2.24) is 20.6 Å². The van der Waals surface area contributed by atoms with E-state index in [-0.39, 0.29) is 28.5 Å². The summed E-state index contributed by atoms with van der Waals surface area (Å²) in [7, 11) is 0. The number of imide groups is 1. The van der Waals surface area contributed by atoms with E-state index in [1.807, 2.05) is 30.3 Å². The number of hydrogen-bond donors (Lipinski definition) is 1. The third kappa shape index (κ3) is 3.62. The van der Waals surface area contributed by atoms with Crippen LogP contribution in [0.15, 0.2) is 66.7 Å². The van der Waals surface area contributed by atoms with Crippen LogP contribution in [-0.4, -0.2) is 44.5 Å². The van der Waals surface area contributed by atoms with Crippen molar-refractivity contribution < 1.29 is 19.1 Å². The molecule has 0 unspecified atom stereocenters. The van der Waals surface area contributed by atoms with Gasteiger partial charge in [0.15, 0.2) is 5.82 Å². The Labute approximate surface area is 194 Å². The zero-order valence-corrected chi connectivity index (χ0v) is 18.4. The Balaban J connectivity index is 1.62. The molecule has 3 aromatic carbocycles. The Bertz CT molecular complexity index is 1410. The molecule has 0 saturated heterocycles. The number of H-pyrrole nitrogens is 1. The maximum atomic E-state index is 13.5. The maximum Gasteiger partial charge on any atom is 0.340 e. The average Bonchev–Trinajstić information content (AvgIpc) is 3.46. The van der Waals surface area contributed by atoms with Crippen molar-refractivity contribution in [2.24, 2.45) is 0 Å². The molecule has 2 heterocycles. The number of carbonyl (C=O) groups excluding carboxylic acids is 3. The molecular weight excluding hydrogens is 434 g/mol. The van der Waals surface area contributed by atoms with E-state index in [1.165, 1.54) is 0 Å². The van der Waals surface area contributed by atoms with E-state index in [2.05, 4.69) is 20.6 Å². The molecule has 1 aliphatic rings. The molecule has 0 spiro atoms. The lowest BCUT2D eigenvalue weighted by Gasteiger charge is -2.19. The van der Waals surface area contributed by atoms with Gasteiger partial charge >= 0.3 is 5.97 Å². The summed E-state index contributed by atoms with van der Waals surface area (Å²) in [4.78, 5) is 40.7. The van der Waals surface area contributed by atoms with Crippen LogP contribution in [0.5, 0.6) is 0 Å². The number of carbonyl (C=O) groups is 3. The monoisotopic (exact) mass is 453 g/mol. The average molecular weight is 453 g/mol. The molecule has 1 aromatic heterocycles. The van der Waals surface area contributed by atoms with E-state index in [9.17, 15) is 14.4 Å². The number of aromatic nitrogens is 4. The Morgan fingerprint density at radius 1 is 0.882 bits per heavy atom. The van der Waals surface area contributed by atoms with Crippen LogP contribution < -0.4 is 4.90 Å². The van der Waals surface area contributed by atoms with Crippen LogP contribution in [0, 0.1) is 0 Å². The van der Waals surface area contributed by atoms with Crippen molar-refractivity contribution in [2.45, 2.75) is 20.0 Å². The molecule has 9 heteroatoms. The highest BCUT2D eigenvalue weighted by atomic mass is 16.5. The lowest BCUT2D eigenvalue weighted by Crippen LogP contribution is -2.31. The number of benzene rings is 3. The van der Waals surface area contributed by atoms with E-state index in [0.29, 0.717) is 11.4 Å². The van der Waals surface area contributed by atoms with Crippen LogP contribution in [-0.2, 0) is 4.74 Å². The highest BCUT2D eigenvalue weighted by molar-refractivity contribution is 6.35. The number of nitrogens with one attached hydrogen (secondary N) is 1. The zero-order chi connectivity index (χ0) is 23.8. The molecule has 5 rings (SSSR count). The van der Waals surface area contributed by atoms with Gasteiger partial charge in [-0.15, -0.1) is 5.10 Å². The molecule has 2 amide bonds. The third-order valence-electron chi connectivity index (χ3n) is 5.41. The Hall–Kier alpha value is -4.66. The smallest absolute Gasteiger partial charge is 0.340 e. The van der Waals surface area contributed by atoms with Gasteiger partial charge in [0.25, 0.3) is 11.8 Å². The van der Waals surface area contributed by atoms with Gasteiger partial charge in [0.2, 0.25) is 0 Å². The molecule has 168 valence electrons. The first-order chi connectivity index (χ1) is 16.4. The quantitative estimate of drug-likeness (QED) is 0.360. The van der Waals surface area contributed by atoms with Gasteiger partial charge in [-0.25, -0.2) is 14.8 Å². The highest BCUT2D eigenvalue weighted by Crippen LogP contribution is 2.35. The van der Waals surface area contributed by atoms with Crippen molar-refractivity contribution in [2.75, 3.05) is 4.90 Å². The first kappa shape index (κ1) is 21.2. The maximum absolute atomic E-state index is 13.5. The van der Waals surface area contributed by atoms with Gasteiger partial charge in [0.05, 0.1) is 28.5 Å². The SMILES string of the molecule is CC(C)OC(=O)c1ccc(-c2ccccc2)cc1N1C(=O)c2ccc(-c3nnn[nH]3)cc2C1=O. The number of aromatic amines is 1. The van der Waals surface area contributed by atoms with E-state index in [4.69, 9.17) is 4.74 Å². The fourth-order valence-corrected chi connectivity index (χ4v) is 3.87. The number of ether oxygens (including phenoxy) is 1. The van der Waals surface area contributed by atoms with E-state index in [0.717, 1.165) is 16.0 Å². The highest BCUT2D eigenvalue weighted by Gasteiger charge is 2.39. The number of hydrogen-bond acceptors (Lipinski definition) is 7. The molecule has 0 atom stereocenters. The van der Waals surface area contributed by atoms with Crippen molar-refractivity contribution in [3.8, 4) is 22.5 Å². The van der Waals surface area contributed by atoms with Crippen LogP contribution in [0.2, 0.25) is 0 Å². The second-order valence-electron chi connectivity index (χ2n) is 8.01. The van der Waals surface area contributed by atoms with E-state index in [1.54, 1.807) is 50.2 Å². The van der Waals surface area contributed by atoms with Crippen LogP contribution in [0.25, 0.3) is 22.5 Å². The van der Waals surface area contributed by atoms with E-state index < -0.39 is 17.8 Å². The first-order valence-corrected chi connectivity index (χ1v) is 10.6. The molecule has 0 radical (unpaired) electrons. The summed E-state index contributed by atoms with van der Waals surface area (Å²) in [5.41, 5.74) is 2.92. The molecule has 0 fully saturated rings. The largest absolute Gasteiger partial charge is 0.459 e. The number of fused-ring (bicyclic) bond motifs is 1. The Morgan fingerprint density at radius 2 is 1.62 bits per heavy atom. The van der Waals surface area contributed by atoms with Crippen molar-refractivity contribution in [3.05, 3.63) is 83.4 Å². The normalized spacial score (nSPS) is 12.9. The topological polar surface area (TPSA) is 118 Å². The summed E-state index contributed by atoms with van der Waals surface area (Å²) in [5.74, 6) is -1.31. The summed E-state index contributed by atoms with van der Waals surface area (Å²) in [6, 6.07) is 19.3. The second-order valence-corrected chi connectivity index (χ2v) is 8.01. The second kappa shape index (κ2) is 8.36. The number of rotatable bonds is 5. The molecule has 34 heavy (non-hydrogen) atoms. The molecule has 4 aromatic rings. The van der Waals surface area contributed by atoms with Gasteiger partial charge in [0.1, 0.15) is 0 Å². The van der Waals surface area contributed by atoms with Gasteiger partial charge in [0, 0.05) is 5.56 Å². The van der Waals surface area contributed by atoms with E-state index >= 15 is 0 Å². The lowest BCUT2D eigenvalue weighted by molar-refractivity contribution is 0.0379. The summed E-state index contributed by atoms with van der Waals surface area (Å²) >= 11 is 0. The standard InChI is InChI=1S/C25H19N5O4/c1-14(2)34-25(33)19-11-8-16(15-6-4-3-5-7-15)13-21(19)30-23(31)18-10-9-17(12-20(18)24(30)32)22-26-28-29-27-22/h3-14H,1-2H3,(H,26,27,28,29). The van der Waals surface area contributed by atoms with Crippen LogP contribution in [0.1, 0.15) is 44.9 Å². The summed E-state index contributed by atoms with van der Waals surface area (Å²) in [6.07, 6.45) is -0.366. The van der Waals surface area contributed by atoms with Crippen molar-refractivity contribution in [3.63, 3.8) is 0 Å². The summed E-state index contributed by atoms with van der Waals surface area (Å²) in [6.45, 7) is 3.47. The summed E-state index contributed by atoms with van der Waals surface area (Å²) < 4.78 is 5.38. The van der Waals surface area contributed by atoms with Gasteiger partial charge in [-0.3, -0.25) is 9.59 Å². The predicted molar refractivity (Wildman–Crippen MR) is 123 cm³/mol. The van der Waals surface area contributed by atoms with Gasteiger partial charge in [-0.2, -0.15) is 0 Å². The predicted octanol–water partition coefficient (Wildman–Crippen LogP) is 3.90. The number of anilines is 1. The molecule has 1 aliphatic heterocycles. The lowest BCUT2D eigenvalue weighted by atomic mass is 10.0. The summed E-state index contributed by atoms with van der Waals surface area (Å²) in [5, 5.41) is 13.6. The Morgan fingerprint density at radius 3 is 2.32 bits per heavy atom. The zero-order valence-electron chi connectivity index (χ0n) is 18.4. The molecule has 0 aliphatic carbocycles. The van der Waals surface area contributed by atoms with Crippen LogP contribution in [0.4, 0.5) is 5.69 Å². The molecule has 9 nitrogen and oxygen atoms in total. The minimum Gasteiger partial charge on any atom is -0.459 e. The van der Waals surface area contributed by atoms with Crippen LogP contribution in [0.3, 0.4) is 0 Å². The molecule has 1 N–H and O–H groups in total. The van der Waals surface area contributed by atoms with Crippen molar-refractivity contribution in [1.29, 1.82) is 0 Å². The number of amides is 2. The third-order valence-corrected chi connectivity index (χ3v) is 5.41. The minimum atomic E-state index is -0.616. The molecule has 0 saturated carbocycles.